The average Bonchev–Trinajstić information content (AvgIpc) is 3.54. The summed E-state index contributed by atoms with van der Waals surface area (Å²) in [7, 11) is 0. The monoisotopic (exact) mass is 470 g/mol. The lowest BCUT2D eigenvalue weighted by atomic mass is 10.1. The van der Waals surface area contributed by atoms with E-state index in [9.17, 15) is 9.59 Å². The first-order valence-corrected chi connectivity index (χ1v) is 11.6. The fourth-order valence-corrected chi connectivity index (χ4v) is 4.36. The van der Waals surface area contributed by atoms with Crippen molar-refractivity contribution in [2.24, 2.45) is 0 Å². The number of Topliss-reactive ketones (excluding diaryl/α,β-unsaturated/α-hetero) is 1. The van der Waals surface area contributed by atoms with E-state index >= 15 is 0 Å². The Hall–Kier alpha value is -2.84. The van der Waals surface area contributed by atoms with Crippen LogP contribution in [-0.2, 0) is 11.4 Å². The van der Waals surface area contributed by atoms with Gasteiger partial charge in [-0.15, -0.1) is 10.2 Å². The SMILES string of the molecule is CC(=O)c1ccccc1NC(=O)C(C)Sc1nnc(COc2ccccc2Cl)n1C1CC1. The Morgan fingerprint density at radius 2 is 1.91 bits per heavy atom. The van der Waals surface area contributed by atoms with Gasteiger partial charge in [-0.25, -0.2) is 0 Å². The molecule has 7 nitrogen and oxygen atoms in total. The van der Waals surface area contributed by atoms with Gasteiger partial charge in [0.05, 0.1) is 16.0 Å². The van der Waals surface area contributed by atoms with Crippen molar-refractivity contribution in [3.8, 4) is 5.75 Å². The van der Waals surface area contributed by atoms with E-state index in [-0.39, 0.29) is 18.3 Å². The number of para-hydroxylation sites is 2. The number of thioether (sulfide) groups is 1. The zero-order valence-electron chi connectivity index (χ0n) is 17.7. The molecule has 1 amide bonds. The minimum absolute atomic E-state index is 0.0992. The van der Waals surface area contributed by atoms with Crippen molar-refractivity contribution >= 4 is 40.7 Å². The summed E-state index contributed by atoms with van der Waals surface area (Å²) >= 11 is 7.51. The normalized spacial score (nSPS) is 14.1. The lowest BCUT2D eigenvalue weighted by molar-refractivity contribution is -0.115. The summed E-state index contributed by atoms with van der Waals surface area (Å²) in [5.74, 6) is 0.982. The summed E-state index contributed by atoms with van der Waals surface area (Å²) < 4.78 is 7.90. The number of aromatic nitrogens is 3. The molecule has 1 fully saturated rings. The molecular weight excluding hydrogens is 448 g/mol. The Kier molecular flexibility index (Phi) is 6.81. The molecule has 1 heterocycles. The molecule has 2 aromatic carbocycles. The van der Waals surface area contributed by atoms with E-state index in [0.717, 1.165) is 12.8 Å². The second kappa shape index (κ2) is 9.75. The van der Waals surface area contributed by atoms with Crippen LogP contribution >= 0.6 is 23.4 Å². The lowest BCUT2D eigenvalue weighted by Crippen LogP contribution is -2.24. The standard InChI is InChI=1S/C23H23ClN4O3S/c1-14(29)17-7-3-5-9-19(17)25-22(30)15(2)32-23-27-26-21(28(23)16-11-12-16)13-31-20-10-6-4-8-18(20)24/h3-10,15-16H,11-13H2,1-2H3,(H,25,30). The fraction of sp³-hybridized carbons (Fsp3) is 0.304. The average molecular weight is 471 g/mol. The van der Waals surface area contributed by atoms with Crippen molar-refractivity contribution in [2.45, 2.75) is 49.7 Å². The summed E-state index contributed by atoms with van der Waals surface area (Å²) in [5.41, 5.74) is 0.994. The molecule has 32 heavy (non-hydrogen) atoms. The summed E-state index contributed by atoms with van der Waals surface area (Å²) in [6, 6.07) is 14.6. The third kappa shape index (κ3) is 5.14. The van der Waals surface area contributed by atoms with Gasteiger partial charge < -0.3 is 10.1 Å². The number of hydrogen-bond acceptors (Lipinski definition) is 6. The van der Waals surface area contributed by atoms with Gasteiger partial charge in [0.1, 0.15) is 12.4 Å². The van der Waals surface area contributed by atoms with Crippen LogP contribution in [0.1, 0.15) is 48.9 Å². The molecule has 0 spiro atoms. The molecule has 0 aliphatic heterocycles. The Labute approximate surface area is 195 Å². The van der Waals surface area contributed by atoms with Gasteiger partial charge in [-0.3, -0.25) is 14.2 Å². The van der Waals surface area contributed by atoms with E-state index < -0.39 is 5.25 Å². The van der Waals surface area contributed by atoms with Gasteiger partial charge in [-0.05, 0) is 51.0 Å². The Morgan fingerprint density at radius 1 is 1.19 bits per heavy atom. The molecule has 1 atom stereocenters. The van der Waals surface area contributed by atoms with Crippen LogP contribution in [-0.4, -0.2) is 31.7 Å². The molecule has 1 unspecified atom stereocenters. The molecule has 1 N–H and O–H groups in total. The molecule has 4 rings (SSSR count). The zero-order chi connectivity index (χ0) is 22.7. The summed E-state index contributed by atoms with van der Waals surface area (Å²) in [6.45, 7) is 3.52. The highest BCUT2D eigenvalue weighted by molar-refractivity contribution is 8.00. The van der Waals surface area contributed by atoms with Crippen molar-refractivity contribution in [3.05, 3.63) is 64.9 Å². The molecular formula is C23H23ClN4O3S. The highest BCUT2D eigenvalue weighted by Gasteiger charge is 2.31. The number of anilines is 1. The Bertz CT molecular complexity index is 1150. The zero-order valence-corrected chi connectivity index (χ0v) is 19.3. The minimum atomic E-state index is -0.436. The van der Waals surface area contributed by atoms with Crippen LogP contribution in [0.3, 0.4) is 0 Å². The molecule has 1 aliphatic rings. The molecule has 1 aromatic heterocycles. The molecule has 9 heteroatoms. The molecule has 0 saturated heterocycles. The smallest absolute Gasteiger partial charge is 0.237 e. The quantitative estimate of drug-likeness (QED) is 0.343. The fourth-order valence-electron chi connectivity index (χ4n) is 3.23. The van der Waals surface area contributed by atoms with Gasteiger partial charge in [0, 0.05) is 11.6 Å². The maximum atomic E-state index is 12.8. The lowest BCUT2D eigenvalue weighted by Gasteiger charge is -2.15. The van der Waals surface area contributed by atoms with E-state index in [2.05, 4.69) is 20.1 Å². The molecule has 1 aliphatic carbocycles. The first kappa shape index (κ1) is 22.4. The van der Waals surface area contributed by atoms with Crippen LogP contribution in [0.25, 0.3) is 0 Å². The Balaban J connectivity index is 1.45. The van der Waals surface area contributed by atoms with Gasteiger partial charge in [-0.2, -0.15) is 0 Å². The first-order valence-electron chi connectivity index (χ1n) is 10.3. The topological polar surface area (TPSA) is 86.1 Å². The van der Waals surface area contributed by atoms with Crippen molar-refractivity contribution in [1.82, 2.24) is 14.8 Å². The number of carbonyl (C=O) groups is 2. The third-order valence-electron chi connectivity index (χ3n) is 5.06. The second-order valence-corrected chi connectivity index (χ2v) is 9.29. The number of amides is 1. The first-order chi connectivity index (χ1) is 15.4. The number of ether oxygens (including phenoxy) is 1. The number of nitrogens with zero attached hydrogens (tertiary/aromatic N) is 3. The van der Waals surface area contributed by atoms with Crippen LogP contribution in [0, 0.1) is 0 Å². The van der Waals surface area contributed by atoms with E-state index in [4.69, 9.17) is 16.3 Å². The number of nitrogens with one attached hydrogen (secondary N) is 1. The van der Waals surface area contributed by atoms with Gasteiger partial charge >= 0.3 is 0 Å². The molecule has 0 radical (unpaired) electrons. The predicted molar refractivity (Wildman–Crippen MR) is 124 cm³/mol. The van der Waals surface area contributed by atoms with E-state index in [1.807, 2.05) is 19.1 Å². The number of ketones is 1. The van der Waals surface area contributed by atoms with Gasteiger partial charge in [0.25, 0.3) is 0 Å². The van der Waals surface area contributed by atoms with E-state index in [1.54, 1.807) is 36.4 Å². The number of halogens is 1. The van der Waals surface area contributed by atoms with Crippen molar-refractivity contribution in [2.75, 3.05) is 5.32 Å². The highest BCUT2D eigenvalue weighted by Crippen LogP contribution is 2.40. The molecule has 1 saturated carbocycles. The van der Waals surface area contributed by atoms with Gasteiger partial charge in [-0.1, -0.05) is 47.6 Å². The minimum Gasteiger partial charge on any atom is -0.484 e. The number of rotatable bonds is 9. The van der Waals surface area contributed by atoms with Crippen molar-refractivity contribution in [3.63, 3.8) is 0 Å². The van der Waals surface area contributed by atoms with Crippen LogP contribution in [0.2, 0.25) is 5.02 Å². The van der Waals surface area contributed by atoms with Crippen LogP contribution in [0.4, 0.5) is 5.69 Å². The largest absolute Gasteiger partial charge is 0.484 e. The predicted octanol–water partition coefficient (Wildman–Crippen LogP) is 5.17. The maximum absolute atomic E-state index is 12.8. The number of carbonyl (C=O) groups excluding carboxylic acids is 2. The van der Waals surface area contributed by atoms with Crippen LogP contribution < -0.4 is 10.1 Å². The molecule has 0 bridgehead atoms. The van der Waals surface area contributed by atoms with Gasteiger partial charge in [0.15, 0.2) is 16.8 Å². The number of hydrogen-bond donors (Lipinski definition) is 1. The highest BCUT2D eigenvalue weighted by atomic mass is 35.5. The Morgan fingerprint density at radius 3 is 2.62 bits per heavy atom. The van der Waals surface area contributed by atoms with Crippen LogP contribution in [0.15, 0.2) is 53.7 Å². The summed E-state index contributed by atoms with van der Waals surface area (Å²) in [6.07, 6.45) is 2.08. The molecule has 166 valence electrons. The second-order valence-electron chi connectivity index (χ2n) is 7.57. The summed E-state index contributed by atoms with van der Waals surface area (Å²) in [5, 5.41) is 12.3. The van der Waals surface area contributed by atoms with E-state index in [0.29, 0.717) is 39.0 Å². The van der Waals surface area contributed by atoms with Crippen molar-refractivity contribution in [1.29, 1.82) is 0 Å². The number of benzene rings is 2. The summed E-state index contributed by atoms with van der Waals surface area (Å²) in [4.78, 5) is 24.6. The van der Waals surface area contributed by atoms with Gasteiger partial charge in [0.2, 0.25) is 5.91 Å². The van der Waals surface area contributed by atoms with E-state index in [1.165, 1.54) is 18.7 Å². The maximum Gasteiger partial charge on any atom is 0.237 e. The van der Waals surface area contributed by atoms with Crippen molar-refractivity contribution < 1.29 is 14.3 Å². The molecule has 3 aromatic rings. The third-order valence-corrected chi connectivity index (χ3v) is 6.43. The van der Waals surface area contributed by atoms with Crippen LogP contribution in [0.5, 0.6) is 5.75 Å².